The highest BCUT2D eigenvalue weighted by molar-refractivity contribution is 5.89. The van der Waals surface area contributed by atoms with Crippen molar-refractivity contribution in [1.82, 2.24) is 25.2 Å². The van der Waals surface area contributed by atoms with Crippen molar-refractivity contribution in [2.45, 2.75) is 50.9 Å². The molecule has 10 heteroatoms. The Labute approximate surface area is 231 Å². The van der Waals surface area contributed by atoms with E-state index >= 15 is 0 Å². The summed E-state index contributed by atoms with van der Waals surface area (Å²) >= 11 is 0. The Morgan fingerprint density at radius 1 is 1.05 bits per heavy atom. The molecule has 1 N–H and O–H groups in total. The Morgan fingerprint density at radius 2 is 1.88 bits per heavy atom. The van der Waals surface area contributed by atoms with Crippen molar-refractivity contribution in [2.24, 2.45) is 0 Å². The second-order valence-corrected chi connectivity index (χ2v) is 10.1. The topological polar surface area (TPSA) is 108 Å². The number of aromatic nitrogens is 3. The predicted molar refractivity (Wildman–Crippen MR) is 147 cm³/mol. The molecule has 4 aromatic rings. The van der Waals surface area contributed by atoms with Crippen LogP contribution in [0.4, 0.5) is 0 Å². The lowest BCUT2D eigenvalue weighted by atomic mass is 10.0. The van der Waals surface area contributed by atoms with Gasteiger partial charge >= 0.3 is 0 Å². The zero-order chi connectivity index (χ0) is 27.5. The van der Waals surface area contributed by atoms with Gasteiger partial charge in [0, 0.05) is 12.6 Å². The summed E-state index contributed by atoms with van der Waals surface area (Å²) in [4.78, 5) is 29.8. The molecule has 1 aliphatic heterocycles. The number of amides is 2. The third-order valence-corrected chi connectivity index (χ3v) is 7.49. The van der Waals surface area contributed by atoms with Crippen molar-refractivity contribution < 1.29 is 23.8 Å². The van der Waals surface area contributed by atoms with Crippen LogP contribution in [0.3, 0.4) is 0 Å². The molecule has 1 atom stereocenters. The van der Waals surface area contributed by atoms with Crippen LogP contribution in [0.1, 0.15) is 42.9 Å². The minimum Gasteiger partial charge on any atom is -0.497 e. The molecule has 10 nitrogen and oxygen atoms in total. The number of carbonyl (C=O) groups is 2. The van der Waals surface area contributed by atoms with Crippen LogP contribution >= 0.6 is 0 Å². The molecule has 2 aliphatic rings. The Morgan fingerprint density at radius 3 is 2.73 bits per heavy atom. The first-order valence-corrected chi connectivity index (χ1v) is 13.5. The molecular weight excluding hydrogens is 510 g/mol. The van der Waals surface area contributed by atoms with Crippen molar-refractivity contribution in [1.29, 1.82) is 0 Å². The van der Waals surface area contributed by atoms with Gasteiger partial charge in [-0.25, -0.2) is 4.68 Å². The second kappa shape index (κ2) is 11.3. The highest BCUT2D eigenvalue weighted by atomic mass is 16.7. The first kappa shape index (κ1) is 25.7. The lowest BCUT2D eigenvalue weighted by Gasteiger charge is -2.32. The maximum absolute atomic E-state index is 14.2. The Balaban J connectivity index is 1.39. The van der Waals surface area contributed by atoms with Crippen molar-refractivity contribution in [3.8, 4) is 17.2 Å². The van der Waals surface area contributed by atoms with Crippen LogP contribution in [0.15, 0.2) is 66.7 Å². The monoisotopic (exact) mass is 541 g/mol. The van der Waals surface area contributed by atoms with Gasteiger partial charge in [0.05, 0.1) is 12.6 Å². The molecule has 2 heterocycles. The number of methoxy groups -OCH3 is 1. The van der Waals surface area contributed by atoms with Gasteiger partial charge in [-0.1, -0.05) is 48.4 Å². The molecule has 2 amide bonds. The van der Waals surface area contributed by atoms with E-state index in [4.69, 9.17) is 14.2 Å². The average Bonchev–Trinajstić information content (AvgIpc) is 3.74. The molecule has 0 spiro atoms. The second-order valence-electron chi connectivity index (χ2n) is 10.1. The molecule has 3 aromatic carbocycles. The number of benzene rings is 3. The number of para-hydroxylation sites is 1. The van der Waals surface area contributed by atoms with E-state index in [1.165, 1.54) is 0 Å². The van der Waals surface area contributed by atoms with Gasteiger partial charge in [0.25, 0.3) is 0 Å². The molecule has 206 valence electrons. The van der Waals surface area contributed by atoms with E-state index in [1.54, 1.807) is 16.7 Å². The van der Waals surface area contributed by atoms with E-state index in [-0.39, 0.29) is 37.7 Å². The van der Waals surface area contributed by atoms with Crippen molar-refractivity contribution in [2.75, 3.05) is 13.9 Å². The van der Waals surface area contributed by atoms with Crippen LogP contribution in [0, 0.1) is 0 Å². The van der Waals surface area contributed by atoms with Crippen LogP contribution < -0.4 is 19.5 Å². The summed E-state index contributed by atoms with van der Waals surface area (Å²) in [6.07, 6.45) is 4.01. The fraction of sp³-hybridized carbons (Fsp3) is 0.333. The Kier molecular flexibility index (Phi) is 7.22. The normalized spacial score (nSPS) is 15.2. The third-order valence-electron chi connectivity index (χ3n) is 7.49. The fourth-order valence-electron chi connectivity index (χ4n) is 5.45. The molecule has 0 radical (unpaired) electrons. The van der Waals surface area contributed by atoms with E-state index in [0.29, 0.717) is 28.3 Å². The number of hydrogen-bond donors (Lipinski definition) is 1. The summed E-state index contributed by atoms with van der Waals surface area (Å²) < 4.78 is 18.1. The highest BCUT2D eigenvalue weighted by Crippen LogP contribution is 2.34. The van der Waals surface area contributed by atoms with E-state index in [9.17, 15) is 9.59 Å². The first-order chi connectivity index (χ1) is 19.6. The van der Waals surface area contributed by atoms with Crippen molar-refractivity contribution >= 4 is 22.8 Å². The molecule has 0 bridgehead atoms. The molecule has 6 rings (SSSR count). The van der Waals surface area contributed by atoms with Gasteiger partial charge < -0.3 is 24.4 Å². The largest absolute Gasteiger partial charge is 0.497 e. The third kappa shape index (κ3) is 5.29. The lowest BCUT2D eigenvalue weighted by molar-refractivity contribution is -0.142. The minimum atomic E-state index is -0.900. The standard InChI is InChI=1S/C30H31N5O5/c1-38-23-10-6-7-21(16-23)29(30(37)31-22-8-2-3-9-22)34(17-20-13-14-26-27(15-20)40-19-39-26)28(36)18-35-25-12-5-4-11-24(25)32-33-35/h4-7,10-16,22,29H,2-3,8-9,17-19H2,1H3,(H,31,37)/t29-/m1/s1. The smallest absolute Gasteiger partial charge is 0.247 e. The highest BCUT2D eigenvalue weighted by Gasteiger charge is 2.34. The first-order valence-electron chi connectivity index (χ1n) is 13.5. The molecule has 1 aliphatic carbocycles. The molecule has 1 fully saturated rings. The summed E-state index contributed by atoms with van der Waals surface area (Å²) in [5.74, 6) is 1.37. The Hall–Kier alpha value is -4.60. The summed E-state index contributed by atoms with van der Waals surface area (Å²) in [6.45, 7) is 0.237. The minimum absolute atomic E-state index is 0.0811. The summed E-state index contributed by atoms with van der Waals surface area (Å²) in [5, 5.41) is 11.6. The van der Waals surface area contributed by atoms with Crippen molar-refractivity contribution in [3.63, 3.8) is 0 Å². The Bertz CT molecular complexity index is 1530. The SMILES string of the molecule is COc1cccc([C@H](C(=O)NC2CCCC2)N(Cc2ccc3c(c2)OCO3)C(=O)Cn2nnc3ccccc32)c1. The van der Waals surface area contributed by atoms with E-state index in [1.807, 2.05) is 66.7 Å². The van der Waals surface area contributed by atoms with Gasteiger partial charge in [-0.15, -0.1) is 5.10 Å². The van der Waals surface area contributed by atoms with E-state index in [2.05, 4.69) is 15.6 Å². The number of nitrogens with zero attached hydrogens (tertiary/aromatic N) is 4. The van der Waals surface area contributed by atoms with Gasteiger partial charge in [-0.05, 0) is 60.4 Å². The van der Waals surface area contributed by atoms with Crippen LogP contribution in [0.5, 0.6) is 17.2 Å². The van der Waals surface area contributed by atoms with Crippen LogP contribution in [-0.4, -0.2) is 51.7 Å². The lowest BCUT2D eigenvalue weighted by Crippen LogP contribution is -2.46. The van der Waals surface area contributed by atoms with E-state index < -0.39 is 6.04 Å². The number of rotatable bonds is 9. The fourth-order valence-corrected chi connectivity index (χ4v) is 5.45. The van der Waals surface area contributed by atoms with Crippen LogP contribution in [0.25, 0.3) is 11.0 Å². The van der Waals surface area contributed by atoms with Gasteiger partial charge in [-0.2, -0.15) is 0 Å². The zero-order valence-electron chi connectivity index (χ0n) is 22.3. The molecule has 0 unspecified atom stereocenters. The van der Waals surface area contributed by atoms with Crippen LogP contribution in [0.2, 0.25) is 0 Å². The predicted octanol–water partition coefficient (Wildman–Crippen LogP) is 4.00. The average molecular weight is 542 g/mol. The molecule has 1 aromatic heterocycles. The summed E-state index contributed by atoms with van der Waals surface area (Å²) in [7, 11) is 1.58. The van der Waals surface area contributed by atoms with Crippen LogP contribution in [-0.2, 0) is 22.7 Å². The number of fused-ring (bicyclic) bond motifs is 2. The van der Waals surface area contributed by atoms with Gasteiger partial charge in [0.2, 0.25) is 18.6 Å². The van der Waals surface area contributed by atoms with Crippen molar-refractivity contribution in [3.05, 3.63) is 77.9 Å². The summed E-state index contributed by atoms with van der Waals surface area (Å²) in [5.41, 5.74) is 2.91. The maximum atomic E-state index is 14.2. The number of carbonyl (C=O) groups excluding carboxylic acids is 2. The molecule has 0 saturated heterocycles. The van der Waals surface area contributed by atoms with Gasteiger partial charge in [-0.3, -0.25) is 9.59 Å². The molecule has 40 heavy (non-hydrogen) atoms. The summed E-state index contributed by atoms with van der Waals surface area (Å²) in [6, 6.07) is 19.5. The quantitative estimate of drug-likeness (QED) is 0.341. The van der Waals surface area contributed by atoms with Gasteiger partial charge in [0.15, 0.2) is 11.5 Å². The molecular formula is C30H31N5O5. The number of hydrogen-bond acceptors (Lipinski definition) is 7. The molecule has 1 saturated carbocycles. The maximum Gasteiger partial charge on any atom is 0.247 e. The van der Waals surface area contributed by atoms with E-state index in [0.717, 1.165) is 36.8 Å². The number of ether oxygens (including phenoxy) is 3. The van der Waals surface area contributed by atoms with Gasteiger partial charge in [0.1, 0.15) is 23.9 Å². The zero-order valence-corrected chi connectivity index (χ0v) is 22.3. The number of nitrogens with one attached hydrogen (secondary N) is 1.